The van der Waals surface area contributed by atoms with Gasteiger partial charge in [-0.3, -0.25) is 5.43 Å². The maximum absolute atomic E-state index is 13.9. The van der Waals surface area contributed by atoms with Gasteiger partial charge in [0.25, 0.3) is 0 Å². The first-order valence-electron chi connectivity index (χ1n) is 9.28. The first kappa shape index (κ1) is 21.1. The normalized spacial score (nSPS) is 24.2. The van der Waals surface area contributed by atoms with Gasteiger partial charge in [0.1, 0.15) is 11.6 Å². The minimum absolute atomic E-state index is 0.0175. The van der Waals surface area contributed by atoms with Crippen molar-refractivity contribution in [3.05, 3.63) is 65.3 Å². The quantitative estimate of drug-likeness (QED) is 0.714. The highest BCUT2D eigenvalue weighted by Gasteiger charge is 2.32. The fourth-order valence-corrected chi connectivity index (χ4v) is 3.30. The molecule has 1 saturated heterocycles. The minimum Gasteiger partial charge on any atom is -0.492 e. The number of halogens is 4. The van der Waals surface area contributed by atoms with Gasteiger partial charge >= 0.3 is 6.18 Å². The van der Waals surface area contributed by atoms with Crippen molar-refractivity contribution in [2.75, 3.05) is 19.7 Å². The summed E-state index contributed by atoms with van der Waals surface area (Å²) in [6, 6.07) is 2.39. The van der Waals surface area contributed by atoms with E-state index in [0.29, 0.717) is 24.0 Å². The highest BCUT2D eigenvalue weighted by molar-refractivity contribution is 5.86. The Hall–Kier alpha value is -2.61. The maximum atomic E-state index is 13.9. The third kappa shape index (κ3) is 5.26. The van der Waals surface area contributed by atoms with Crippen LogP contribution in [-0.4, -0.2) is 25.9 Å². The van der Waals surface area contributed by atoms with Crippen molar-refractivity contribution in [3.63, 3.8) is 0 Å². The standard InChI is InChI=1S/C21H23F4N3O/c1-14-18(15-9-16(21(23,24)25)11-17(22)10-15)12-28-27-6-3-19(14)29-13-20(2)4-7-26-8-5-20/h3,6,9-12,26,28H,1,4-5,7-8,13H2,2H3/b18-12+,19-3+,27-6-. The number of nitrogens with zero attached hydrogens (tertiary/aromatic N) is 1. The Bertz CT molecular complexity index is 865. The van der Waals surface area contributed by atoms with E-state index in [1.54, 1.807) is 6.08 Å². The fraction of sp³-hybridized carbons (Fsp3) is 0.381. The lowest BCUT2D eigenvalue weighted by Crippen LogP contribution is -2.37. The van der Waals surface area contributed by atoms with E-state index in [4.69, 9.17) is 4.74 Å². The predicted molar refractivity (Wildman–Crippen MR) is 104 cm³/mol. The van der Waals surface area contributed by atoms with Gasteiger partial charge in [-0.1, -0.05) is 13.5 Å². The van der Waals surface area contributed by atoms with E-state index in [2.05, 4.69) is 29.3 Å². The summed E-state index contributed by atoms with van der Waals surface area (Å²) in [5, 5.41) is 7.22. The van der Waals surface area contributed by atoms with Crippen LogP contribution in [-0.2, 0) is 10.9 Å². The molecule has 2 N–H and O–H groups in total. The number of hydrazone groups is 1. The van der Waals surface area contributed by atoms with Gasteiger partial charge in [-0.2, -0.15) is 18.3 Å². The number of alkyl halides is 3. The molecule has 156 valence electrons. The van der Waals surface area contributed by atoms with Gasteiger partial charge in [-0.25, -0.2) is 4.39 Å². The number of hydrogen-bond donors (Lipinski definition) is 2. The third-order valence-corrected chi connectivity index (χ3v) is 5.13. The number of rotatable bonds is 4. The number of benzene rings is 1. The van der Waals surface area contributed by atoms with E-state index in [9.17, 15) is 17.6 Å². The monoisotopic (exact) mass is 409 g/mol. The Labute approximate surface area is 167 Å². The van der Waals surface area contributed by atoms with Gasteiger partial charge in [0.15, 0.2) is 0 Å². The molecule has 29 heavy (non-hydrogen) atoms. The van der Waals surface area contributed by atoms with Crippen LogP contribution >= 0.6 is 0 Å². The second-order valence-corrected chi connectivity index (χ2v) is 7.55. The first-order valence-corrected chi connectivity index (χ1v) is 9.28. The van der Waals surface area contributed by atoms with Crippen molar-refractivity contribution in [1.82, 2.24) is 10.7 Å². The van der Waals surface area contributed by atoms with E-state index in [0.717, 1.165) is 38.1 Å². The number of piperidine rings is 1. The van der Waals surface area contributed by atoms with Crippen LogP contribution in [0.3, 0.4) is 0 Å². The topological polar surface area (TPSA) is 45.7 Å². The summed E-state index contributed by atoms with van der Waals surface area (Å²) in [4.78, 5) is 0. The zero-order chi connectivity index (χ0) is 21.1. The highest BCUT2D eigenvalue weighted by atomic mass is 19.4. The van der Waals surface area contributed by atoms with Crippen molar-refractivity contribution in [3.8, 4) is 0 Å². The molecule has 2 heterocycles. The van der Waals surface area contributed by atoms with Gasteiger partial charge in [-0.05, 0) is 49.7 Å². The molecule has 0 radical (unpaired) electrons. The van der Waals surface area contributed by atoms with Gasteiger partial charge in [0.05, 0.1) is 18.4 Å². The SMILES string of the molecule is C=C1/C(c2cc(F)cc(C(F)(F)F)c2)=C\N/N=C\C=C/1OCC1(C)CCNCC1. The van der Waals surface area contributed by atoms with E-state index < -0.39 is 17.6 Å². The van der Waals surface area contributed by atoms with Crippen LogP contribution in [0, 0.1) is 11.2 Å². The van der Waals surface area contributed by atoms with E-state index >= 15 is 0 Å². The number of ether oxygens (including phenoxy) is 1. The lowest BCUT2D eigenvalue weighted by molar-refractivity contribution is -0.137. The van der Waals surface area contributed by atoms with Crippen molar-refractivity contribution in [2.45, 2.75) is 25.9 Å². The zero-order valence-corrected chi connectivity index (χ0v) is 16.1. The largest absolute Gasteiger partial charge is 0.492 e. The summed E-state index contributed by atoms with van der Waals surface area (Å²) >= 11 is 0. The van der Waals surface area contributed by atoms with E-state index in [-0.39, 0.29) is 16.6 Å². The lowest BCUT2D eigenvalue weighted by Gasteiger charge is -2.34. The molecular formula is C21H23F4N3O. The first-order chi connectivity index (χ1) is 13.7. The smallest absolute Gasteiger partial charge is 0.416 e. The number of nitrogens with one attached hydrogen (secondary N) is 2. The van der Waals surface area contributed by atoms with Crippen LogP contribution in [0.4, 0.5) is 17.6 Å². The van der Waals surface area contributed by atoms with Crippen LogP contribution in [0.25, 0.3) is 5.57 Å². The third-order valence-electron chi connectivity index (χ3n) is 5.13. The molecule has 0 amide bonds. The van der Waals surface area contributed by atoms with Crippen molar-refractivity contribution >= 4 is 11.8 Å². The van der Waals surface area contributed by atoms with Crippen molar-refractivity contribution in [1.29, 1.82) is 0 Å². The summed E-state index contributed by atoms with van der Waals surface area (Å²) < 4.78 is 59.3. The van der Waals surface area contributed by atoms with E-state index in [1.807, 2.05) is 0 Å². The number of allylic oxidation sites excluding steroid dienone is 2. The Balaban J connectivity index is 1.87. The molecule has 0 aromatic heterocycles. The van der Waals surface area contributed by atoms with Crippen LogP contribution in [0.1, 0.15) is 30.9 Å². The van der Waals surface area contributed by atoms with Crippen molar-refractivity contribution < 1.29 is 22.3 Å². The molecule has 8 heteroatoms. The molecule has 3 rings (SSSR count). The van der Waals surface area contributed by atoms with E-state index in [1.165, 1.54) is 12.4 Å². The molecule has 2 aliphatic heterocycles. The summed E-state index contributed by atoms with van der Waals surface area (Å²) in [6.07, 6.45) is 1.69. The summed E-state index contributed by atoms with van der Waals surface area (Å²) in [5.41, 5.74) is 2.18. The van der Waals surface area contributed by atoms with Crippen LogP contribution in [0.5, 0.6) is 0 Å². The van der Waals surface area contributed by atoms with Gasteiger partial charge < -0.3 is 10.1 Å². The highest BCUT2D eigenvalue weighted by Crippen LogP contribution is 2.36. The molecule has 0 aliphatic carbocycles. The Kier molecular flexibility index (Phi) is 6.12. The molecule has 0 saturated carbocycles. The summed E-state index contributed by atoms with van der Waals surface area (Å²) in [7, 11) is 0. The average molecular weight is 409 g/mol. The fourth-order valence-electron chi connectivity index (χ4n) is 3.30. The lowest BCUT2D eigenvalue weighted by atomic mass is 9.82. The molecule has 1 aromatic rings. The van der Waals surface area contributed by atoms with Gasteiger partial charge in [-0.15, -0.1) is 0 Å². The summed E-state index contributed by atoms with van der Waals surface area (Å²) in [5.74, 6) is -0.596. The Morgan fingerprint density at radius 3 is 2.62 bits per heavy atom. The predicted octanol–water partition coefficient (Wildman–Crippen LogP) is 4.62. The maximum Gasteiger partial charge on any atom is 0.416 e. The molecule has 1 aromatic carbocycles. The van der Waals surface area contributed by atoms with Crippen molar-refractivity contribution in [2.24, 2.45) is 10.5 Å². The Morgan fingerprint density at radius 1 is 1.21 bits per heavy atom. The molecule has 2 aliphatic rings. The summed E-state index contributed by atoms with van der Waals surface area (Å²) in [6.45, 7) is 8.36. The second kappa shape index (κ2) is 8.41. The molecule has 1 fully saturated rings. The molecule has 0 bridgehead atoms. The molecule has 0 unspecified atom stereocenters. The van der Waals surface area contributed by atoms with Gasteiger partial charge in [0, 0.05) is 28.8 Å². The van der Waals surface area contributed by atoms with Crippen LogP contribution in [0.15, 0.2) is 53.5 Å². The van der Waals surface area contributed by atoms with Crippen LogP contribution < -0.4 is 10.7 Å². The minimum atomic E-state index is -4.66. The molecule has 0 atom stereocenters. The van der Waals surface area contributed by atoms with Gasteiger partial charge in [0.2, 0.25) is 0 Å². The molecule has 4 nitrogen and oxygen atoms in total. The molecular weight excluding hydrogens is 386 g/mol. The second-order valence-electron chi connectivity index (χ2n) is 7.55. The average Bonchev–Trinajstić information content (AvgIpc) is 2.64. The molecule has 0 spiro atoms. The van der Waals surface area contributed by atoms with Crippen LogP contribution in [0.2, 0.25) is 0 Å². The zero-order valence-electron chi connectivity index (χ0n) is 16.1. The number of hydrogen-bond acceptors (Lipinski definition) is 4. The Morgan fingerprint density at radius 2 is 1.93 bits per heavy atom.